The third-order valence-corrected chi connectivity index (χ3v) is 18.1. The van der Waals surface area contributed by atoms with Crippen LogP contribution >= 0.6 is 0 Å². The van der Waals surface area contributed by atoms with Gasteiger partial charge in [-0.2, -0.15) is 0 Å². The van der Waals surface area contributed by atoms with E-state index in [0.29, 0.717) is 0 Å². The molecule has 9 rings (SSSR count). The summed E-state index contributed by atoms with van der Waals surface area (Å²) in [5, 5.41) is 0. The summed E-state index contributed by atoms with van der Waals surface area (Å²) >= 11 is 0. The van der Waals surface area contributed by atoms with E-state index in [1.54, 1.807) is 77.0 Å². The molecule has 0 amide bonds. The Balaban J connectivity index is 1.12. The summed E-state index contributed by atoms with van der Waals surface area (Å²) < 4.78 is 0. The molecule has 6 fully saturated rings. The summed E-state index contributed by atoms with van der Waals surface area (Å²) in [7, 11) is 0. The van der Waals surface area contributed by atoms with Crippen molar-refractivity contribution in [1.29, 1.82) is 0 Å². The first-order valence-electron chi connectivity index (χ1n) is 22.6. The molecule has 268 valence electrons. The number of hydrogen-bond acceptors (Lipinski definition) is 2. The van der Waals surface area contributed by atoms with Crippen molar-refractivity contribution in [3.8, 4) is 0 Å². The van der Waals surface area contributed by atoms with Gasteiger partial charge in [0, 0.05) is 0 Å². The van der Waals surface area contributed by atoms with Crippen molar-refractivity contribution in [2.45, 2.75) is 154 Å². The van der Waals surface area contributed by atoms with Crippen LogP contribution in [0.4, 0.5) is 0 Å². The lowest BCUT2D eigenvalue weighted by Crippen LogP contribution is -2.56. The number of hydrogen-bond donors (Lipinski definition) is 2. The molecule has 0 bridgehead atoms. The van der Waals surface area contributed by atoms with Crippen molar-refractivity contribution in [1.82, 2.24) is 0 Å². The molecule has 2 nitrogen and oxygen atoms in total. The van der Waals surface area contributed by atoms with Gasteiger partial charge in [-0.05, 0) is 217 Å². The summed E-state index contributed by atoms with van der Waals surface area (Å²) in [6.07, 6.45) is 41.0. The van der Waals surface area contributed by atoms with E-state index in [0.717, 1.165) is 108 Å². The van der Waals surface area contributed by atoms with Gasteiger partial charge in [-0.3, -0.25) is 0 Å². The van der Waals surface area contributed by atoms with Crippen LogP contribution in [0.3, 0.4) is 0 Å². The second-order valence-electron chi connectivity index (χ2n) is 19.6. The van der Waals surface area contributed by atoms with E-state index in [4.69, 9.17) is 11.5 Å². The smallest absolute Gasteiger partial charge is 0.00773 e. The second-order valence-corrected chi connectivity index (χ2v) is 19.6. The highest BCUT2D eigenvalue weighted by atomic mass is 14.7. The van der Waals surface area contributed by atoms with Crippen LogP contribution in [0.1, 0.15) is 154 Å². The Morgan fingerprint density at radius 1 is 0.500 bits per heavy atom. The van der Waals surface area contributed by atoms with E-state index in [2.05, 4.69) is 23.3 Å². The number of fused-ring (bicyclic) bond motifs is 8. The average molecular weight is 655 g/mol. The van der Waals surface area contributed by atoms with Crippen molar-refractivity contribution >= 4 is 0 Å². The largest absolute Gasteiger partial charge is 0.330 e. The summed E-state index contributed by atoms with van der Waals surface area (Å²) in [5.41, 5.74) is 16.4. The minimum absolute atomic E-state index is 0.854. The SMILES string of the molecule is NCCCCCC1C2C3CCC(C4C=CCCC4)C4=C3C(CCC4)C2[C@H](CCCCCN)C2CC3C4CCCCC4C4CCC[C@@H](C43)[C@H]12. The Hall–Kier alpha value is -0.600. The van der Waals surface area contributed by atoms with E-state index >= 15 is 0 Å². The molecule has 9 aliphatic carbocycles. The van der Waals surface area contributed by atoms with E-state index in [-0.39, 0.29) is 0 Å². The third kappa shape index (κ3) is 5.51. The fourth-order valence-electron chi connectivity index (χ4n) is 17.2. The first-order chi connectivity index (χ1) is 23.8. The maximum atomic E-state index is 6.11. The first kappa shape index (κ1) is 33.3. The number of rotatable bonds is 11. The van der Waals surface area contributed by atoms with Gasteiger partial charge < -0.3 is 11.5 Å². The van der Waals surface area contributed by atoms with E-state index in [1.165, 1.54) is 77.0 Å². The number of allylic oxidation sites excluding steroid dienone is 4. The van der Waals surface area contributed by atoms with Gasteiger partial charge in [0.05, 0.1) is 0 Å². The number of unbranched alkanes of at least 4 members (excludes halogenated alkanes) is 4. The van der Waals surface area contributed by atoms with Crippen molar-refractivity contribution < 1.29 is 0 Å². The van der Waals surface area contributed by atoms with Gasteiger partial charge in [0.15, 0.2) is 0 Å². The van der Waals surface area contributed by atoms with Crippen LogP contribution in [-0.4, -0.2) is 13.1 Å². The summed E-state index contributed by atoms with van der Waals surface area (Å²) in [4.78, 5) is 0. The predicted octanol–water partition coefficient (Wildman–Crippen LogP) is 11.1. The van der Waals surface area contributed by atoms with Crippen LogP contribution in [0.2, 0.25) is 0 Å². The Morgan fingerprint density at radius 2 is 1.19 bits per heavy atom. The summed E-state index contributed by atoms with van der Waals surface area (Å²) in [5.74, 6) is 16.4. The highest BCUT2D eigenvalue weighted by molar-refractivity contribution is 5.36. The lowest BCUT2D eigenvalue weighted by molar-refractivity contribution is -0.132. The standard InChI is InChI=1S/C46H74N2/c47-26-10-2-6-18-35-41-28-40-32-17-9-8-16-31(32)34-21-13-22-36(43(34)40)44(41)37(19-7-3-11-27-48)46-39-25-24-30(29-14-4-1-5-15-29)33-20-12-23-38(42(33)39)45(35)46/h4,14,29-32,34-41,43-46H,1-3,5-13,15-28,47-48H2/t29?,30?,31?,32?,34?,35-,36+,37?,38?,39?,40?,41?,43?,44-,45?,46?/m1/s1. The first-order valence-corrected chi connectivity index (χ1v) is 22.6. The molecule has 2 heteroatoms. The third-order valence-electron chi connectivity index (χ3n) is 18.1. The van der Waals surface area contributed by atoms with Crippen molar-refractivity contribution in [3.05, 3.63) is 23.3 Å². The summed E-state index contributed by atoms with van der Waals surface area (Å²) in [6.45, 7) is 1.78. The molecule has 0 heterocycles. The predicted molar refractivity (Wildman–Crippen MR) is 201 cm³/mol. The Morgan fingerprint density at radius 3 is 1.96 bits per heavy atom. The zero-order chi connectivity index (χ0) is 32.2. The fraction of sp³-hybridized carbons (Fsp3) is 0.913. The molecule has 0 spiro atoms. The van der Waals surface area contributed by atoms with Crippen LogP contribution < -0.4 is 11.5 Å². The highest BCUT2D eigenvalue weighted by Crippen LogP contribution is 2.74. The molecule has 0 aromatic carbocycles. The normalized spacial score (nSPS) is 48.8. The lowest BCUT2D eigenvalue weighted by atomic mass is 9.44. The van der Waals surface area contributed by atoms with Gasteiger partial charge in [0.25, 0.3) is 0 Å². The average Bonchev–Trinajstić information content (AvgIpc) is 3.64. The molecule has 48 heavy (non-hydrogen) atoms. The van der Waals surface area contributed by atoms with Crippen molar-refractivity contribution in [2.24, 2.45) is 106 Å². The van der Waals surface area contributed by atoms with Crippen molar-refractivity contribution in [2.75, 3.05) is 13.1 Å². The van der Waals surface area contributed by atoms with Gasteiger partial charge >= 0.3 is 0 Å². The monoisotopic (exact) mass is 655 g/mol. The van der Waals surface area contributed by atoms with Gasteiger partial charge in [-0.15, -0.1) is 0 Å². The molecule has 0 saturated heterocycles. The minimum Gasteiger partial charge on any atom is -0.330 e. The highest BCUT2D eigenvalue weighted by Gasteiger charge is 2.67. The second kappa shape index (κ2) is 14.4. The molecular formula is C46H74N2. The van der Waals surface area contributed by atoms with E-state index in [9.17, 15) is 0 Å². The van der Waals surface area contributed by atoms with Crippen LogP contribution in [0.15, 0.2) is 23.3 Å². The lowest BCUT2D eigenvalue weighted by Gasteiger charge is -2.61. The number of nitrogens with two attached hydrogens (primary N) is 2. The maximum absolute atomic E-state index is 6.11. The molecule has 16 atom stereocenters. The molecule has 6 saturated carbocycles. The van der Waals surface area contributed by atoms with Crippen LogP contribution in [0.5, 0.6) is 0 Å². The molecule has 13 unspecified atom stereocenters. The van der Waals surface area contributed by atoms with E-state index < -0.39 is 0 Å². The molecule has 0 aromatic heterocycles. The molecule has 9 aliphatic rings. The van der Waals surface area contributed by atoms with E-state index in [1.807, 2.05) is 0 Å². The minimum atomic E-state index is 0.854. The van der Waals surface area contributed by atoms with Crippen LogP contribution in [0, 0.1) is 94.7 Å². The fourth-order valence-corrected chi connectivity index (χ4v) is 17.2. The zero-order valence-corrected chi connectivity index (χ0v) is 30.9. The Labute approximate surface area is 295 Å². The Kier molecular flexibility index (Phi) is 10.00. The summed E-state index contributed by atoms with van der Waals surface area (Å²) in [6, 6.07) is 0. The van der Waals surface area contributed by atoms with Gasteiger partial charge in [0.2, 0.25) is 0 Å². The molecule has 0 aromatic rings. The van der Waals surface area contributed by atoms with Crippen LogP contribution in [-0.2, 0) is 0 Å². The van der Waals surface area contributed by atoms with Crippen molar-refractivity contribution in [3.63, 3.8) is 0 Å². The molecule has 4 N–H and O–H groups in total. The molecular weight excluding hydrogens is 581 g/mol. The Bertz CT molecular complexity index is 1170. The van der Waals surface area contributed by atoms with Gasteiger partial charge in [-0.25, -0.2) is 0 Å². The van der Waals surface area contributed by atoms with Crippen LogP contribution in [0.25, 0.3) is 0 Å². The van der Waals surface area contributed by atoms with Gasteiger partial charge in [0.1, 0.15) is 0 Å². The maximum Gasteiger partial charge on any atom is -0.00773 e. The van der Waals surface area contributed by atoms with Gasteiger partial charge in [-0.1, -0.05) is 68.2 Å². The zero-order valence-electron chi connectivity index (χ0n) is 30.9. The quantitative estimate of drug-likeness (QED) is 0.172. The molecule has 0 aliphatic heterocycles. The molecule has 0 radical (unpaired) electrons. The topological polar surface area (TPSA) is 52.0 Å².